The molecule has 1 heterocycles. The highest BCUT2D eigenvalue weighted by Crippen LogP contribution is 2.30. The third kappa shape index (κ3) is 1.99. The molecule has 0 N–H and O–H groups in total. The first-order valence-electron chi connectivity index (χ1n) is 5.88. The van der Waals surface area contributed by atoms with Gasteiger partial charge in [0, 0.05) is 18.7 Å². The molecule has 1 aromatic carbocycles. The van der Waals surface area contributed by atoms with E-state index in [4.69, 9.17) is 11.6 Å². The third-order valence-electron chi connectivity index (χ3n) is 3.38. The van der Waals surface area contributed by atoms with Gasteiger partial charge in [0.1, 0.15) is 0 Å². The van der Waals surface area contributed by atoms with Gasteiger partial charge in [-0.15, -0.1) is 0 Å². The summed E-state index contributed by atoms with van der Waals surface area (Å²) in [6.45, 7) is 4.12. The van der Waals surface area contributed by atoms with Gasteiger partial charge < -0.3 is 4.90 Å². The van der Waals surface area contributed by atoms with Crippen LogP contribution in [0.2, 0.25) is 5.02 Å². The molecule has 1 aromatic rings. The molecule has 0 atom stereocenters. The highest BCUT2D eigenvalue weighted by atomic mass is 35.5. The summed E-state index contributed by atoms with van der Waals surface area (Å²) < 4.78 is 27.6. The maximum absolute atomic E-state index is 13.9. The normalized spacial score (nSPS) is 15.3. The number of nitrogens with zero attached hydrogens (tertiary/aromatic N) is 1. The van der Waals surface area contributed by atoms with Gasteiger partial charge in [0.05, 0.1) is 10.6 Å². The first-order chi connectivity index (χ1) is 8.45. The van der Waals surface area contributed by atoms with E-state index in [9.17, 15) is 13.6 Å². The zero-order valence-corrected chi connectivity index (χ0v) is 11.1. The number of likely N-dealkylation sites (tertiary alicyclic amines) is 1. The summed E-state index contributed by atoms with van der Waals surface area (Å²) in [7, 11) is 0. The molecule has 0 aliphatic carbocycles. The van der Waals surface area contributed by atoms with Crippen molar-refractivity contribution in [1.82, 2.24) is 4.90 Å². The van der Waals surface area contributed by atoms with Crippen LogP contribution in [0.15, 0.2) is 0 Å². The molecular weight excluding hydrogens is 260 g/mol. The van der Waals surface area contributed by atoms with Crippen LogP contribution in [0.4, 0.5) is 8.78 Å². The van der Waals surface area contributed by atoms with Gasteiger partial charge in [0.25, 0.3) is 5.91 Å². The molecule has 2 nitrogen and oxygen atoms in total. The van der Waals surface area contributed by atoms with E-state index in [1.807, 2.05) is 0 Å². The summed E-state index contributed by atoms with van der Waals surface area (Å²) in [6, 6.07) is 0. The van der Waals surface area contributed by atoms with Crippen LogP contribution in [0.25, 0.3) is 0 Å². The van der Waals surface area contributed by atoms with Crippen LogP contribution in [0.3, 0.4) is 0 Å². The number of amides is 1. The van der Waals surface area contributed by atoms with E-state index in [2.05, 4.69) is 0 Å². The number of benzene rings is 1. The minimum Gasteiger partial charge on any atom is -0.339 e. The second kappa shape index (κ2) is 4.84. The monoisotopic (exact) mass is 273 g/mol. The predicted octanol–water partition coefficient (Wildman–Crippen LogP) is 3.47. The van der Waals surface area contributed by atoms with E-state index < -0.39 is 17.5 Å². The number of rotatable bonds is 1. The lowest BCUT2D eigenvalue weighted by atomic mass is 10.0. The SMILES string of the molecule is Cc1c(F)c(F)c(C(=O)N2CCCC2)c(C)c1Cl. The maximum Gasteiger partial charge on any atom is 0.257 e. The Labute approximate surface area is 110 Å². The van der Waals surface area contributed by atoms with Crippen molar-refractivity contribution in [1.29, 1.82) is 0 Å². The molecule has 0 bridgehead atoms. The molecule has 1 amide bonds. The summed E-state index contributed by atoms with van der Waals surface area (Å²) in [6.07, 6.45) is 1.79. The lowest BCUT2D eigenvalue weighted by Gasteiger charge is -2.19. The highest BCUT2D eigenvalue weighted by molar-refractivity contribution is 6.32. The average molecular weight is 274 g/mol. The van der Waals surface area contributed by atoms with Gasteiger partial charge in [0.15, 0.2) is 11.6 Å². The first kappa shape index (κ1) is 13.3. The minimum absolute atomic E-state index is 0.0460. The number of hydrogen-bond donors (Lipinski definition) is 0. The molecule has 5 heteroatoms. The Balaban J connectivity index is 2.53. The van der Waals surface area contributed by atoms with E-state index >= 15 is 0 Å². The second-order valence-electron chi connectivity index (χ2n) is 4.57. The van der Waals surface area contributed by atoms with Gasteiger partial charge in [-0.1, -0.05) is 11.6 Å². The fraction of sp³-hybridized carbons (Fsp3) is 0.462. The average Bonchev–Trinajstić information content (AvgIpc) is 2.88. The topological polar surface area (TPSA) is 20.3 Å². The first-order valence-corrected chi connectivity index (χ1v) is 6.26. The van der Waals surface area contributed by atoms with Crippen LogP contribution in [0.5, 0.6) is 0 Å². The van der Waals surface area contributed by atoms with Crippen molar-refractivity contribution in [3.05, 3.63) is 33.3 Å². The van der Waals surface area contributed by atoms with Crippen LogP contribution in [0, 0.1) is 25.5 Å². The van der Waals surface area contributed by atoms with Gasteiger partial charge in [0.2, 0.25) is 0 Å². The molecule has 1 aliphatic heterocycles. The van der Waals surface area contributed by atoms with Crippen molar-refractivity contribution in [3.8, 4) is 0 Å². The quantitative estimate of drug-likeness (QED) is 0.718. The van der Waals surface area contributed by atoms with Gasteiger partial charge in [-0.05, 0) is 32.3 Å². The number of halogens is 3. The Kier molecular flexibility index (Phi) is 3.57. The van der Waals surface area contributed by atoms with Crippen LogP contribution < -0.4 is 0 Å². The third-order valence-corrected chi connectivity index (χ3v) is 3.95. The molecule has 2 rings (SSSR count). The maximum atomic E-state index is 13.9. The molecule has 1 fully saturated rings. The Morgan fingerprint density at radius 1 is 1.11 bits per heavy atom. The second-order valence-corrected chi connectivity index (χ2v) is 4.94. The van der Waals surface area contributed by atoms with Crippen LogP contribution in [-0.4, -0.2) is 23.9 Å². The van der Waals surface area contributed by atoms with Crippen LogP contribution in [-0.2, 0) is 0 Å². The molecule has 0 radical (unpaired) electrons. The van der Waals surface area contributed by atoms with Crippen molar-refractivity contribution >= 4 is 17.5 Å². The standard InChI is InChI=1S/C13H14ClF2NO/c1-7-9(13(18)17-5-3-4-6-17)12(16)11(15)8(2)10(7)14/h3-6H2,1-2H3. The molecule has 18 heavy (non-hydrogen) atoms. The van der Waals surface area contributed by atoms with Crippen molar-refractivity contribution in [2.24, 2.45) is 0 Å². The van der Waals surface area contributed by atoms with Crippen molar-refractivity contribution in [3.63, 3.8) is 0 Å². The predicted molar refractivity (Wildman–Crippen MR) is 66.0 cm³/mol. The summed E-state index contributed by atoms with van der Waals surface area (Å²) in [5, 5.41) is 0.122. The van der Waals surface area contributed by atoms with E-state index in [1.165, 1.54) is 11.8 Å². The van der Waals surface area contributed by atoms with Gasteiger partial charge >= 0.3 is 0 Å². The number of hydrogen-bond acceptors (Lipinski definition) is 1. The summed E-state index contributed by atoms with van der Waals surface area (Å²) in [5.41, 5.74) is 0.125. The summed E-state index contributed by atoms with van der Waals surface area (Å²) in [4.78, 5) is 13.7. The Morgan fingerprint density at radius 2 is 1.67 bits per heavy atom. The van der Waals surface area contributed by atoms with E-state index in [1.54, 1.807) is 6.92 Å². The fourth-order valence-electron chi connectivity index (χ4n) is 2.26. The molecule has 98 valence electrons. The molecule has 0 aromatic heterocycles. The minimum atomic E-state index is -1.09. The lowest BCUT2D eigenvalue weighted by Crippen LogP contribution is -2.29. The van der Waals surface area contributed by atoms with Crippen molar-refractivity contribution < 1.29 is 13.6 Å². The van der Waals surface area contributed by atoms with Crippen LogP contribution >= 0.6 is 11.6 Å². The van der Waals surface area contributed by atoms with Crippen molar-refractivity contribution in [2.45, 2.75) is 26.7 Å². The largest absolute Gasteiger partial charge is 0.339 e. The van der Waals surface area contributed by atoms with Crippen LogP contribution in [0.1, 0.15) is 34.3 Å². The number of carbonyl (C=O) groups excluding carboxylic acids is 1. The van der Waals surface area contributed by atoms with Gasteiger partial charge in [-0.2, -0.15) is 0 Å². The van der Waals surface area contributed by atoms with Gasteiger partial charge in [-0.25, -0.2) is 8.78 Å². The molecule has 0 spiro atoms. The van der Waals surface area contributed by atoms with E-state index in [0.29, 0.717) is 18.7 Å². The number of carbonyl (C=O) groups is 1. The zero-order valence-electron chi connectivity index (χ0n) is 10.3. The molecule has 0 saturated carbocycles. The Morgan fingerprint density at radius 3 is 2.22 bits per heavy atom. The molecular formula is C13H14ClF2NO. The molecule has 0 unspecified atom stereocenters. The summed E-state index contributed by atoms with van der Waals surface area (Å²) in [5.74, 6) is -2.59. The van der Waals surface area contributed by atoms with E-state index in [-0.39, 0.29) is 16.1 Å². The highest BCUT2D eigenvalue weighted by Gasteiger charge is 2.28. The van der Waals surface area contributed by atoms with Crippen molar-refractivity contribution in [2.75, 3.05) is 13.1 Å². The molecule has 1 saturated heterocycles. The Bertz CT molecular complexity index is 481. The smallest absolute Gasteiger partial charge is 0.257 e. The lowest BCUT2D eigenvalue weighted by molar-refractivity contribution is 0.0786. The summed E-state index contributed by atoms with van der Waals surface area (Å²) >= 11 is 5.93. The van der Waals surface area contributed by atoms with E-state index in [0.717, 1.165) is 12.8 Å². The molecule has 1 aliphatic rings. The van der Waals surface area contributed by atoms with Gasteiger partial charge in [-0.3, -0.25) is 4.79 Å². The Hall–Kier alpha value is -1.16. The fourth-order valence-corrected chi connectivity index (χ4v) is 2.44. The zero-order chi connectivity index (χ0) is 13.4.